The molecule has 0 heterocycles. The third kappa shape index (κ3) is 4.41. The lowest BCUT2D eigenvalue weighted by molar-refractivity contribution is -0.127. The molecule has 0 bridgehead atoms. The molecule has 0 aliphatic carbocycles. The number of benzene rings is 2. The van der Waals surface area contributed by atoms with E-state index in [2.05, 4.69) is 5.32 Å². The highest BCUT2D eigenvalue weighted by Crippen LogP contribution is 2.21. The van der Waals surface area contributed by atoms with Gasteiger partial charge in [-0.15, -0.1) is 0 Å². The summed E-state index contributed by atoms with van der Waals surface area (Å²) in [4.78, 5) is 14.8. The lowest BCUT2D eigenvalue weighted by Crippen LogP contribution is -2.41. The molecular formula is C19H24N2O2. The quantitative estimate of drug-likeness (QED) is 0.826. The fraction of sp³-hybridized carbons (Fsp3) is 0.316. The van der Waals surface area contributed by atoms with Crippen LogP contribution in [0, 0.1) is 0 Å². The van der Waals surface area contributed by atoms with E-state index in [1.54, 1.807) is 0 Å². The molecule has 0 saturated heterocycles. The van der Waals surface area contributed by atoms with Gasteiger partial charge in [0.2, 0.25) is 5.91 Å². The Balaban J connectivity index is 2.20. The molecule has 1 amide bonds. The second-order valence-electron chi connectivity index (χ2n) is 5.54. The van der Waals surface area contributed by atoms with Crippen molar-refractivity contribution in [3.8, 4) is 0 Å². The molecule has 2 N–H and O–H groups in total. The Bertz CT molecular complexity index is 601. The first-order chi connectivity index (χ1) is 11.2. The van der Waals surface area contributed by atoms with Gasteiger partial charge in [-0.2, -0.15) is 0 Å². The van der Waals surface area contributed by atoms with Gasteiger partial charge in [0, 0.05) is 0 Å². The number of nitrogens with zero attached hydrogens (tertiary/aromatic N) is 1. The largest absolute Gasteiger partial charge is 0.394 e. The van der Waals surface area contributed by atoms with Crippen LogP contribution in [0.2, 0.25) is 0 Å². The van der Waals surface area contributed by atoms with Crippen LogP contribution in [0.4, 0.5) is 0 Å². The van der Waals surface area contributed by atoms with E-state index in [0.29, 0.717) is 0 Å². The van der Waals surface area contributed by atoms with E-state index in [0.717, 1.165) is 17.7 Å². The van der Waals surface area contributed by atoms with Crippen molar-refractivity contribution >= 4 is 5.91 Å². The van der Waals surface area contributed by atoms with Crippen LogP contribution < -0.4 is 5.32 Å². The third-order valence-corrected chi connectivity index (χ3v) is 4.00. The lowest BCUT2D eigenvalue weighted by Gasteiger charge is -2.28. The molecule has 1 unspecified atom stereocenters. The first kappa shape index (κ1) is 17.2. The van der Waals surface area contributed by atoms with Crippen molar-refractivity contribution in [1.82, 2.24) is 10.2 Å². The van der Waals surface area contributed by atoms with Gasteiger partial charge in [0.05, 0.1) is 12.6 Å². The number of likely N-dealkylation sites (N-methyl/N-ethyl adjacent to an activating group) is 1. The van der Waals surface area contributed by atoms with Crippen molar-refractivity contribution in [1.29, 1.82) is 0 Å². The monoisotopic (exact) mass is 312 g/mol. The van der Waals surface area contributed by atoms with Crippen molar-refractivity contribution in [2.24, 2.45) is 0 Å². The zero-order valence-electron chi connectivity index (χ0n) is 13.6. The summed E-state index contributed by atoms with van der Waals surface area (Å²) >= 11 is 0. The van der Waals surface area contributed by atoms with E-state index < -0.39 is 6.04 Å². The zero-order chi connectivity index (χ0) is 16.7. The summed E-state index contributed by atoms with van der Waals surface area (Å²) in [5.41, 5.74) is 1.84. The molecular weight excluding hydrogens is 288 g/mol. The number of aliphatic hydroxyl groups excluding tert-OH is 1. The number of amides is 1. The molecule has 2 aromatic rings. The molecule has 4 heteroatoms. The average molecular weight is 312 g/mol. The SMILES string of the molecule is CCN(C)C(C(=O)N[C@H](CO)c1ccccc1)c1ccccc1. The first-order valence-corrected chi connectivity index (χ1v) is 7.88. The maximum atomic E-state index is 12.8. The summed E-state index contributed by atoms with van der Waals surface area (Å²) in [5.74, 6) is -0.108. The molecule has 122 valence electrons. The number of nitrogens with one attached hydrogen (secondary N) is 1. The van der Waals surface area contributed by atoms with Gasteiger partial charge in [-0.05, 0) is 24.7 Å². The average Bonchev–Trinajstić information content (AvgIpc) is 2.61. The van der Waals surface area contributed by atoms with Gasteiger partial charge in [-0.25, -0.2) is 0 Å². The number of carbonyl (C=O) groups excluding carboxylic acids is 1. The fourth-order valence-corrected chi connectivity index (χ4v) is 2.59. The first-order valence-electron chi connectivity index (χ1n) is 7.88. The third-order valence-electron chi connectivity index (χ3n) is 4.00. The lowest BCUT2D eigenvalue weighted by atomic mass is 10.0. The zero-order valence-corrected chi connectivity index (χ0v) is 13.6. The Morgan fingerprint density at radius 3 is 2.04 bits per heavy atom. The van der Waals surface area contributed by atoms with Crippen LogP contribution in [0.5, 0.6) is 0 Å². The summed E-state index contributed by atoms with van der Waals surface area (Å²) in [7, 11) is 1.92. The predicted octanol–water partition coefficient (Wildman–Crippen LogP) is 2.53. The van der Waals surface area contributed by atoms with Crippen molar-refractivity contribution < 1.29 is 9.90 Å². The molecule has 0 saturated carbocycles. The summed E-state index contributed by atoms with van der Waals surface area (Å²) in [5, 5.41) is 12.6. The van der Waals surface area contributed by atoms with Crippen LogP contribution in [-0.4, -0.2) is 36.1 Å². The minimum atomic E-state index is -0.403. The topological polar surface area (TPSA) is 52.6 Å². The van der Waals surface area contributed by atoms with E-state index in [-0.39, 0.29) is 18.6 Å². The highest BCUT2D eigenvalue weighted by Gasteiger charge is 2.26. The second kappa shape index (κ2) is 8.46. The van der Waals surface area contributed by atoms with Gasteiger partial charge in [0.15, 0.2) is 0 Å². The maximum absolute atomic E-state index is 12.8. The van der Waals surface area contributed by atoms with Gasteiger partial charge < -0.3 is 10.4 Å². The van der Waals surface area contributed by atoms with Gasteiger partial charge in [-0.1, -0.05) is 67.6 Å². The van der Waals surface area contributed by atoms with Crippen molar-refractivity contribution in [2.45, 2.75) is 19.0 Å². The van der Waals surface area contributed by atoms with Crippen LogP contribution in [0.25, 0.3) is 0 Å². The molecule has 0 aromatic heterocycles. The molecule has 0 aliphatic heterocycles. The Kier molecular flexibility index (Phi) is 6.32. The smallest absolute Gasteiger partial charge is 0.242 e. The minimum absolute atomic E-state index is 0.108. The highest BCUT2D eigenvalue weighted by atomic mass is 16.3. The number of hydrogen-bond acceptors (Lipinski definition) is 3. The molecule has 2 rings (SSSR count). The summed E-state index contributed by atoms with van der Waals surface area (Å²) in [6.45, 7) is 2.64. The normalized spacial score (nSPS) is 13.6. The Hall–Kier alpha value is -2.17. The summed E-state index contributed by atoms with van der Waals surface area (Å²) < 4.78 is 0. The Morgan fingerprint density at radius 2 is 1.57 bits per heavy atom. The number of aliphatic hydroxyl groups is 1. The molecule has 0 fully saturated rings. The summed E-state index contributed by atoms with van der Waals surface area (Å²) in [6.07, 6.45) is 0. The molecule has 0 spiro atoms. The molecule has 23 heavy (non-hydrogen) atoms. The van der Waals surface area contributed by atoms with Crippen molar-refractivity contribution in [3.63, 3.8) is 0 Å². The fourth-order valence-electron chi connectivity index (χ4n) is 2.59. The Morgan fingerprint density at radius 1 is 1.04 bits per heavy atom. The maximum Gasteiger partial charge on any atom is 0.242 e. The second-order valence-corrected chi connectivity index (χ2v) is 5.54. The summed E-state index contributed by atoms with van der Waals surface area (Å²) in [6, 6.07) is 18.4. The van der Waals surface area contributed by atoms with Gasteiger partial charge in [-0.3, -0.25) is 9.69 Å². The van der Waals surface area contributed by atoms with E-state index in [1.165, 1.54) is 0 Å². The standard InChI is InChI=1S/C19H24N2O2/c1-3-21(2)18(16-12-8-5-9-13-16)19(23)20-17(14-22)15-10-6-4-7-11-15/h4-13,17-18,22H,3,14H2,1-2H3,(H,20,23)/t17-,18?/m1/s1. The van der Waals surface area contributed by atoms with Gasteiger partial charge >= 0.3 is 0 Å². The number of hydrogen-bond donors (Lipinski definition) is 2. The molecule has 4 nitrogen and oxygen atoms in total. The van der Waals surface area contributed by atoms with Gasteiger partial charge in [0.25, 0.3) is 0 Å². The van der Waals surface area contributed by atoms with E-state index in [4.69, 9.17) is 0 Å². The minimum Gasteiger partial charge on any atom is -0.394 e. The van der Waals surface area contributed by atoms with Crippen LogP contribution >= 0.6 is 0 Å². The molecule has 2 atom stereocenters. The van der Waals surface area contributed by atoms with Crippen LogP contribution in [0.3, 0.4) is 0 Å². The Labute approximate surface area is 137 Å². The van der Waals surface area contributed by atoms with Crippen LogP contribution in [-0.2, 0) is 4.79 Å². The van der Waals surface area contributed by atoms with Gasteiger partial charge in [0.1, 0.15) is 6.04 Å². The van der Waals surface area contributed by atoms with E-state index in [9.17, 15) is 9.90 Å². The molecule has 2 aromatic carbocycles. The highest BCUT2D eigenvalue weighted by molar-refractivity contribution is 5.83. The van der Waals surface area contributed by atoms with Crippen molar-refractivity contribution in [2.75, 3.05) is 20.2 Å². The predicted molar refractivity (Wildman–Crippen MR) is 91.9 cm³/mol. The number of rotatable bonds is 7. The number of carbonyl (C=O) groups is 1. The van der Waals surface area contributed by atoms with E-state index in [1.807, 2.05) is 79.5 Å². The van der Waals surface area contributed by atoms with Crippen molar-refractivity contribution in [3.05, 3.63) is 71.8 Å². The van der Waals surface area contributed by atoms with E-state index >= 15 is 0 Å². The molecule has 0 aliphatic rings. The van der Waals surface area contributed by atoms with Crippen LogP contribution in [0.1, 0.15) is 30.1 Å². The molecule has 0 radical (unpaired) electrons. The van der Waals surface area contributed by atoms with Crippen LogP contribution in [0.15, 0.2) is 60.7 Å².